The summed E-state index contributed by atoms with van der Waals surface area (Å²) in [6.07, 6.45) is 14.5. The quantitative estimate of drug-likeness (QED) is 0.0721. The van der Waals surface area contributed by atoms with Crippen molar-refractivity contribution in [2.45, 2.75) is 118 Å². The molecule has 0 aliphatic carbocycles. The number of hydrazine groups is 1. The Bertz CT molecular complexity index is 2140. The number of aryl methyl sites for hydroxylation is 2. The minimum atomic E-state index is 0.0889. The molecule has 1 fully saturated rings. The smallest absolute Gasteiger partial charge is 0.0936 e. The van der Waals surface area contributed by atoms with Crippen LogP contribution in [0.4, 0.5) is 0 Å². The summed E-state index contributed by atoms with van der Waals surface area (Å²) in [5.41, 5.74) is 15.9. The lowest BCUT2D eigenvalue weighted by molar-refractivity contribution is 0.194. The molecule has 1 aliphatic heterocycles. The summed E-state index contributed by atoms with van der Waals surface area (Å²) in [5.74, 6) is 1.69. The molecule has 0 spiro atoms. The highest BCUT2D eigenvalue weighted by molar-refractivity contribution is 5.95. The average molecular weight is 885 g/mol. The van der Waals surface area contributed by atoms with Crippen molar-refractivity contribution < 1.29 is 0 Å². The average Bonchev–Trinajstić information content (AvgIpc) is 3.56. The largest absolute Gasteiger partial charge is 0.381 e. The second-order valence-electron chi connectivity index (χ2n) is 19.5. The van der Waals surface area contributed by atoms with Crippen molar-refractivity contribution in [1.82, 2.24) is 40.4 Å². The van der Waals surface area contributed by atoms with E-state index in [4.69, 9.17) is 4.98 Å². The van der Waals surface area contributed by atoms with Gasteiger partial charge in [0.25, 0.3) is 0 Å². The number of pyridine rings is 1. The molecule has 0 radical (unpaired) electrons. The molecule has 1 aliphatic rings. The Kier molecular flexibility index (Phi) is 22.0. The number of likely N-dealkylation sites (N-methyl/N-ethyl adjacent to an activating group) is 2. The van der Waals surface area contributed by atoms with Crippen LogP contribution in [0.25, 0.3) is 33.3 Å². The predicted molar refractivity (Wildman–Crippen MR) is 285 cm³/mol. The molecule has 8 nitrogen and oxygen atoms in total. The molecule has 0 saturated carbocycles. The Morgan fingerprint density at radius 1 is 0.969 bits per heavy atom. The van der Waals surface area contributed by atoms with Gasteiger partial charge in [-0.15, -0.1) is 19.7 Å². The summed E-state index contributed by atoms with van der Waals surface area (Å²) in [7, 11) is 10.1. The second-order valence-corrected chi connectivity index (χ2v) is 19.5. The van der Waals surface area contributed by atoms with Gasteiger partial charge in [0.2, 0.25) is 0 Å². The van der Waals surface area contributed by atoms with Crippen molar-refractivity contribution in [3.8, 4) is 22.4 Å². The van der Waals surface area contributed by atoms with E-state index in [-0.39, 0.29) is 17.5 Å². The number of nitrogens with zero attached hydrogens (tertiary/aromatic N) is 5. The van der Waals surface area contributed by atoms with Crippen molar-refractivity contribution in [2.24, 2.45) is 11.3 Å². The molecule has 1 saturated heterocycles. The highest BCUT2D eigenvalue weighted by atomic mass is 15.5. The molecule has 356 valence electrons. The first-order chi connectivity index (χ1) is 30.8. The van der Waals surface area contributed by atoms with Crippen molar-refractivity contribution in [1.29, 1.82) is 0 Å². The van der Waals surface area contributed by atoms with Gasteiger partial charge in [0.15, 0.2) is 0 Å². The van der Waals surface area contributed by atoms with E-state index in [1.165, 1.54) is 69.4 Å². The molecule has 2 aromatic heterocycles. The molecule has 0 bridgehead atoms. The van der Waals surface area contributed by atoms with E-state index < -0.39 is 0 Å². The fourth-order valence-electron chi connectivity index (χ4n) is 9.10. The van der Waals surface area contributed by atoms with E-state index in [0.29, 0.717) is 11.8 Å². The zero-order chi connectivity index (χ0) is 48.4. The van der Waals surface area contributed by atoms with Crippen LogP contribution in [0.5, 0.6) is 0 Å². The third-order valence-electron chi connectivity index (χ3n) is 12.4. The van der Waals surface area contributed by atoms with Gasteiger partial charge in [0.1, 0.15) is 0 Å². The summed E-state index contributed by atoms with van der Waals surface area (Å²) in [6, 6.07) is 18.8. The zero-order valence-electron chi connectivity index (χ0n) is 43.1. The van der Waals surface area contributed by atoms with Crippen molar-refractivity contribution in [3.63, 3.8) is 0 Å². The van der Waals surface area contributed by atoms with Gasteiger partial charge in [-0.05, 0) is 130 Å². The Morgan fingerprint density at radius 2 is 1.69 bits per heavy atom. The SMILES string of the molecule is C=CCCC(C)(C)Cc1c(-c2cccnc2C(C)C)n(CC)c2ccc(-c3cc(C)cc(CC(C=C)NC(=C)C(C(C)C)N(C)C)c3)cc12.C=CCN(C)C(=C)NC.CN1CCCCN1. The molecule has 0 amide bonds. The highest BCUT2D eigenvalue weighted by Crippen LogP contribution is 2.42. The van der Waals surface area contributed by atoms with Crippen LogP contribution < -0.4 is 16.1 Å². The standard InChI is InChI=1S/C45H62N4.C7H14N2.C5H12N2/c1-14-17-22-45(10,11)29-40-39-28-35(20-21-41(39)49(16-3)44(40)38-19-18-23-46-42(38)30(4)5)36-25-32(8)24-34(26-36)27-37(15-2)47-33(9)43(31(6)7)48(12)13;1-5-6-9(4)7(2)8-3;1-7-5-3-2-4-6-7/h14-15,18-21,23-26,28,30-31,37,43,47H,1-2,9,16-17,22,27,29H2,3-8,10-13H3;5,8H,1-2,6H2,3-4H3;6H,2-5H2,1H3. The lowest BCUT2D eigenvalue weighted by Gasteiger charge is -2.32. The van der Waals surface area contributed by atoms with Gasteiger partial charge in [-0.1, -0.05) is 103 Å². The van der Waals surface area contributed by atoms with Crippen LogP contribution in [0.3, 0.4) is 0 Å². The van der Waals surface area contributed by atoms with Crippen LogP contribution in [0.15, 0.2) is 117 Å². The zero-order valence-corrected chi connectivity index (χ0v) is 43.1. The van der Waals surface area contributed by atoms with Crippen LogP contribution in [-0.4, -0.2) is 91.3 Å². The Balaban J connectivity index is 0.000000589. The monoisotopic (exact) mass is 885 g/mol. The summed E-state index contributed by atoms with van der Waals surface area (Å²) < 4.78 is 2.52. The molecule has 65 heavy (non-hydrogen) atoms. The van der Waals surface area contributed by atoms with E-state index in [1.54, 1.807) is 0 Å². The van der Waals surface area contributed by atoms with Crippen molar-refractivity contribution in [2.75, 3.05) is 54.9 Å². The van der Waals surface area contributed by atoms with Gasteiger partial charge in [0, 0.05) is 81.7 Å². The molecule has 2 aromatic carbocycles. The maximum absolute atomic E-state index is 4.90. The maximum Gasteiger partial charge on any atom is 0.0936 e. The number of hydrogen-bond acceptors (Lipinski definition) is 7. The minimum Gasteiger partial charge on any atom is -0.381 e. The molecular weight excluding hydrogens is 797 g/mol. The van der Waals surface area contributed by atoms with Crippen LogP contribution in [0, 0.1) is 18.3 Å². The number of allylic oxidation sites excluding steroid dienone is 1. The van der Waals surface area contributed by atoms with Gasteiger partial charge in [0.05, 0.1) is 23.3 Å². The molecule has 2 atom stereocenters. The summed E-state index contributed by atoms with van der Waals surface area (Å²) in [4.78, 5) is 9.12. The Morgan fingerprint density at radius 3 is 2.23 bits per heavy atom. The van der Waals surface area contributed by atoms with E-state index in [1.807, 2.05) is 37.3 Å². The van der Waals surface area contributed by atoms with Crippen molar-refractivity contribution in [3.05, 3.63) is 140 Å². The summed E-state index contributed by atoms with van der Waals surface area (Å²) in [5, 5.41) is 10.1. The predicted octanol–water partition coefficient (Wildman–Crippen LogP) is 12.2. The van der Waals surface area contributed by atoms with Gasteiger partial charge in [-0.3, -0.25) is 10.4 Å². The number of benzene rings is 2. The van der Waals surface area contributed by atoms with Crippen LogP contribution in [0.1, 0.15) is 102 Å². The lowest BCUT2D eigenvalue weighted by Crippen LogP contribution is -2.42. The number of hydrogen-bond donors (Lipinski definition) is 3. The van der Waals surface area contributed by atoms with Gasteiger partial charge >= 0.3 is 0 Å². The van der Waals surface area contributed by atoms with Crippen LogP contribution in [-0.2, 0) is 19.4 Å². The molecular formula is C57H88N8. The number of nitrogens with one attached hydrogen (secondary N) is 3. The first kappa shape index (κ1) is 54.4. The number of rotatable bonds is 21. The van der Waals surface area contributed by atoms with E-state index >= 15 is 0 Å². The molecule has 8 heteroatoms. The molecule has 4 aromatic rings. The molecule has 3 heterocycles. The summed E-state index contributed by atoms with van der Waals surface area (Å²) in [6.45, 7) is 42.4. The molecule has 3 N–H and O–H groups in total. The van der Waals surface area contributed by atoms with Crippen LogP contribution in [0.2, 0.25) is 0 Å². The van der Waals surface area contributed by atoms with Gasteiger partial charge < -0.3 is 25.0 Å². The maximum atomic E-state index is 4.90. The van der Waals surface area contributed by atoms with Gasteiger partial charge in [-0.2, -0.15) is 0 Å². The molecule has 2 unspecified atom stereocenters. The normalized spacial score (nSPS) is 13.9. The van der Waals surface area contributed by atoms with E-state index in [2.05, 4.69) is 195 Å². The third kappa shape index (κ3) is 15.9. The topological polar surface area (TPSA) is 63.6 Å². The highest BCUT2D eigenvalue weighted by Gasteiger charge is 2.27. The minimum absolute atomic E-state index is 0.0889. The number of aromatic nitrogens is 2. The fourth-order valence-corrected chi connectivity index (χ4v) is 9.10. The second kappa shape index (κ2) is 26.3. The van der Waals surface area contributed by atoms with E-state index in [9.17, 15) is 0 Å². The van der Waals surface area contributed by atoms with Crippen molar-refractivity contribution >= 4 is 10.9 Å². The van der Waals surface area contributed by atoms with E-state index in [0.717, 1.165) is 62.5 Å². The first-order valence-electron chi connectivity index (χ1n) is 24.0. The Hall–Kier alpha value is -4.89. The van der Waals surface area contributed by atoms with Gasteiger partial charge in [-0.25, -0.2) is 5.01 Å². The van der Waals surface area contributed by atoms with Crippen LogP contribution >= 0.6 is 0 Å². The first-order valence-corrected chi connectivity index (χ1v) is 24.0. The summed E-state index contributed by atoms with van der Waals surface area (Å²) >= 11 is 0. The number of fused-ring (bicyclic) bond motifs is 1. The lowest BCUT2D eigenvalue weighted by atomic mass is 9.80. The fraction of sp³-hybridized carbons (Fsp3) is 0.491. The Labute approximate surface area is 396 Å². The molecule has 5 rings (SSSR count). The third-order valence-corrected chi connectivity index (χ3v) is 12.4.